The summed E-state index contributed by atoms with van der Waals surface area (Å²) in [5.74, 6) is 0.0677. The minimum absolute atomic E-state index is 0.0538. The van der Waals surface area contributed by atoms with Gasteiger partial charge in [0.2, 0.25) is 0 Å². The van der Waals surface area contributed by atoms with E-state index in [-0.39, 0.29) is 6.42 Å². The Kier molecular flexibility index (Phi) is 7.15. The zero-order valence-corrected chi connectivity index (χ0v) is 14.0. The Morgan fingerprint density at radius 3 is 2.85 bits per heavy atom. The predicted octanol–water partition coefficient (Wildman–Crippen LogP) is 3.45. The van der Waals surface area contributed by atoms with Gasteiger partial charge in [-0.25, -0.2) is 4.39 Å². The summed E-state index contributed by atoms with van der Waals surface area (Å²) in [5, 5.41) is 0. The molecule has 0 radical (unpaired) electrons. The van der Waals surface area contributed by atoms with Crippen molar-refractivity contribution in [1.29, 1.82) is 0 Å². The molecular formula is C14H19BrFNO2S. The van der Waals surface area contributed by atoms with E-state index in [1.54, 1.807) is 19.1 Å². The molecule has 1 aromatic rings. The van der Waals surface area contributed by atoms with Crippen LogP contribution in [0.1, 0.15) is 38.7 Å². The van der Waals surface area contributed by atoms with Crippen LogP contribution in [0.25, 0.3) is 0 Å². The van der Waals surface area contributed by atoms with E-state index in [1.165, 1.54) is 6.07 Å². The maximum Gasteiger partial charge on any atom is 0.128 e. The summed E-state index contributed by atoms with van der Waals surface area (Å²) in [6.45, 7) is 3.70. The van der Waals surface area contributed by atoms with Gasteiger partial charge < -0.3 is 9.35 Å². The highest BCUT2D eigenvalue weighted by Gasteiger charge is 2.34. The molecular weight excluding hydrogens is 345 g/mol. The van der Waals surface area contributed by atoms with Crippen LogP contribution in [0.2, 0.25) is 0 Å². The maximum absolute atomic E-state index is 14.0. The summed E-state index contributed by atoms with van der Waals surface area (Å²) < 4.78 is 29.6. The zero-order chi connectivity index (χ0) is 15.2. The van der Waals surface area contributed by atoms with E-state index in [0.717, 1.165) is 12.8 Å². The molecule has 112 valence electrons. The van der Waals surface area contributed by atoms with Crippen LogP contribution < -0.4 is 4.72 Å². The molecule has 0 heterocycles. The van der Waals surface area contributed by atoms with Crippen LogP contribution in [0.4, 0.5) is 4.39 Å². The lowest BCUT2D eigenvalue weighted by atomic mass is 9.90. The van der Waals surface area contributed by atoms with E-state index < -0.39 is 22.7 Å². The van der Waals surface area contributed by atoms with E-state index in [4.69, 9.17) is 0 Å². The van der Waals surface area contributed by atoms with Gasteiger partial charge in [-0.2, -0.15) is 0 Å². The molecule has 0 saturated carbocycles. The van der Waals surface area contributed by atoms with E-state index in [9.17, 15) is 13.7 Å². The van der Waals surface area contributed by atoms with Gasteiger partial charge in [-0.1, -0.05) is 29.3 Å². The smallest absolute Gasteiger partial charge is 0.128 e. The first-order valence-corrected chi connectivity index (χ1v) is 8.59. The Hall–Kier alpha value is -0.430. The molecule has 0 amide bonds. The second kappa shape index (κ2) is 8.12. The van der Waals surface area contributed by atoms with Crippen LogP contribution in [-0.2, 0) is 21.7 Å². The average Bonchev–Trinajstić information content (AvgIpc) is 2.39. The minimum atomic E-state index is -1.30. The lowest BCUT2D eigenvalue weighted by Crippen LogP contribution is -2.45. The molecule has 0 fully saturated rings. The monoisotopic (exact) mass is 363 g/mol. The van der Waals surface area contributed by atoms with Gasteiger partial charge >= 0.3 is 0 Å². The quantitative estimate of drug-likeness (QED) is 0.568. The van der Waals surface area contributed by atoms with E-state index >= 15 is 0 Å². The van der Waals surface area contributed by atoms with Crippen LogP contribution in [0.15, 0.2) is 22.7 Å². The second-order valence-corrected chi connectivity index (χ2v) is 7.05. The SMILES string of the molecule is CCCC[S+]([O-])N[C@@](C)(CC=O)c1cc(Br)ccc1F. The molecule has 2 atom stereocenters. The Balaban J connectivity index is 3.01. The molecule has 1 rings (SSSR count). The van der Waals surface area contributed by atoms with Gasteiger partial charge in [0.25, 0.3) is 0 Å². The van der Waals surface area contributed by atoms with Crippen LogP contribution in [-0.4, -0.2) is 16.6 Å². The summed E-state index contributed by atoms with van der Waals surface area (Å²) >= 11 is 1.99. The Morgan fingerprint density at radius 1 is 1.55 bits per heavy atom. The number of carbonyl (C=O) groups excluding carboxylic acids is 1. The number of hydrogen-bond donors (Lipinski definition) is 1. The number of nitrogens with one attached hydrogen (secondary N) is 1. The number of aldehydes is 1. The summed E-state index contributed by atoms with van der Waals surface area (Å²) in [5.41, 5.74) is -0.641. The first kappa shape index (κ1) is 17.6. The average molecular weight is 364 g/mol. The fourth-order valence-electron chi connectivity index (χ4n) is 1.87. The van der Waals surface area contributed by atoms with Crippen LogP contribution in [0.5, 0.6) is 0 Å². The van der Waals surface area contributed by atoms with Gasteiger partial charge in [-0.05, 0) is 31.5 Å². The zero-order valence-electron chi connectivity index (χ0n) is 11.6. The van der Waals surface area contributed by atoms with E-state index in [2.05, 4.69) is 20.7 Å². The van der Waals surface area contributed by atoms with Crippen LogP contribution in [0, 0.1) is 5.82 Å². The third kappa shape index (κ3) is 4.84. The first-order valence-electron chi connectivity index (χ1n) is 6.48. The normalized spacial score (nSPS) is 15.7. The topological polar surface area (TPSA) is 52.2 Å². The molecule has 0 spiro atoms. The Labute approximate surface area is 130 Å². The summed E-state index contributed by atoms with van der Waals surface area (Å²) in [6.07, 6.45) is 2.52. The Bertz CT molecular complexity index is 461. The van der Waals surface area contributed by atoms with Crippen molar-refractivity contribution in [2.24, 2.45) is 0 Å². The van der Waals surface area contributed by atoms with E-state index in [1.807, 2.05) is 6.92 Å². The molecule has 1 N–H and O–H groups in total. The van der Waals surface area contributed by atoms with E-state index in [0.29, 0.717) is 22.1 Å². The van der Waals surface area contributed by atoms with Gasteiger partial charge in [0.1, 0.15) is 17.9 Å². The number of carbonyl (C=O) groups is 1. The highest BCUT2D eigenvalue weighted by atomic mass is 79.9. The van der Waals surface area contributed by atoms with Crippen LogP contribution >= 0.6 is 15.9 Å². The largest absolute Gasteiger partial charge is 0.598 e. The van der Waals surface area contributed by atoms with Crippen molar-refractivity contribution < 1.29 is 13.7 Å². The molecule has 6 heteroatoms. The molecule has 1 unspecified atom stereocenters. The molecule has 0 bridgehead atoms. The predicted molar refractivity (Wildman–Crippen MR) is 83.2 cm³/mol. The van der Waals surface area contributed by atoms with Gasteiger partial charge in [-0.3, -0.25) is 0 Å². The molecule has 20 heavy (non-hydrogen) atoms. The minimum Gasteiger partial charge on any atom is -0.598 e. The summed E-state index contributed by atoms with van der Waals surface area (Å²) in [4.78, 5) is 10.9. The van der Waals surface area contributed by atoms with Crippen molar-refractivity contribution in [2.75, 3.05) is 5.75 Å². The molecule has 0 aliphatic rings. The molecule has 0 aliphatic carbocycles. The molecule has 3 nitrogen and oxygen atoms in total. The molecule has 0 aromatic heterocycles. The van der Waals surface area contributed by atoms with Gasteiger partial charge in [0.15, 0.2) is 0 Å². The molecule has 0 saturated heterocycles. The van der Waals surface area contributed by atoms with Crippen molar-refractivity contribution >= 4 is 33.6 Å². The van der Waals surface area contributed by atoms with Crippen molar-refractivity contribution in [2.45, 2.75) is 38.6 Å². The van der Waals surface area contributed by atoms with Gasteiger partial charge in [0, 0.05) is 27.8 Å². The fraction of sp³-hybridized carbons (Fsp3) is 0.500. The highest BCUT2D eigenvalue weighted by Crippen LogP contribution is 2.29. The second-order valence-electron chi connectivity index (χ2n) is 4.83. The Morgan fingerprint density at radius 2 is 2.25 bits per heavy atom. The first-order chi connectivity index (χ1) is 9.42. The maximum atomic E-state index is 14.0. The number of halogens is 2. The number of hydrogen-bond acceptors (Lipinski definition) is 3. The van der Waals surface area contributed by atoms with Crippen molar-refractivity contribution in [3.05, 3.63) is 34.1 Å². The van der Waals surface area contributed by atoms with Crippen molar-refractivity contribution in [1.82, 2.24) is 4.72 Å². The molecule has 1 aromatic carbocycles. The summed E-state index contributed by atoms with van der Waals surface area (Å²) in [6, 6.07) is 4.54. The third-order valence-electron chi connectivity index (χ3n) is 3.04. The number of unbranched alkanes of at least 4 members (excludes halogenated alkanes) is 1. The van der Waals surface area contributed by atoms with Crippen LogP contribution in [0.3, 0.4) is 0 Å². The summed E-state index contributed by atoms with van der Waals surface area (Å²) in [7, 11) is 0. The van der Waals surface area contributed by atoms with Gasteiger partial charge in [0.05, 0.1) is 5.54 Å². The van der Waals surface area contributed by atoms with Crippen molar-refractivity contribution in [3.63, 3.8) is 0 Å². The number of benzene rings is 1. The van der Waals surface area contributed by atoms with Gasteiger partial charge in [-0.15, -0.1) is 4.72 Å². The lowest BCUT2D eigenvalue weighted by Gasteiger charge is -2.30. The third-order valence-corrected chi connectivity index (χ3v) is 4.87. The number of rotatable bonds is 8. The highest BCUT2D eigenvalue weighted by molar-refractivity contribution is 9.10. The van der Waals surface area contributed by atoms with Crippen molar-refractivity contribution in [3.8, 4) is 0 Å². The molecule has 0 aliphatic heterocycles. The lowest BCUT2D eigenvalue weighted by molar-refractivity contribution is -0.108. The fourth-order valence-corrected chi connectivity index (χ4v) is 3.58. The standard InChI is InChI=1S/C14H19BrFNO2S/c1-3-4-9-20(19)17-14(2,7-8-18)12-10-11(15)5-6-13(12)16/h5-6,8,10,17H,3-4,7,9H2,1-2H3/t14-,20?/m0/s1.